The predicted molar refractivity (Wildman–Crippen MR) is 44.3 cm³/mol. The number of hydrogen-bond donors (Lipinski definition) is 0. The van der Waals surface area contributed by atoms with Crippen molar-refractivity contribution in [1.82, 2.24) is 0 Å². The first-order valence-electron chi connectivity index (χ1n) is 3.82. The summed E-state index contributed by atoms with van der Waals surface area (Å²) in [5.74, 6) is 0. The average molecular weight is 153 g/mol. The quantitative estimate of drug-likeness (QED) is 0.454. The van der Waals surface area contributed by atoms with Gasteiger partial charge in [0.2, 0.25) is 0 Å². The molecular weight excluding hydrogens is 138 g/mol. The van der Waals surface area contributed by atoms with E-state index in [0.29, 0.717) is 13.0 Å². The highest BCUT2D eigenvalue weighted by molar-refractivity contribution is 4.70. The average Bonchev–Trinajstić information content (AvgIpc) is 1.85. The molecule has 3 heteroatoms. The van der Waals surface area contributed by atoms with Gasteiger partial charge in [-0.05, 0) is 27.2 Å². The Morgan fingerprint density at radius 2 is 2.00 bits per heavy atom. The lowest BCUT2D eigenvalue weighted by Crippen LogP contribution is -2.08. The van der Waals surface area contributed by atoms with Crippen LogP contribution in [-0.4, -0.2) is 12.1 Å². The molecule has 0 aliphatic heterocycles. The van der Waals surface area contributed by atoms with Gasteiger partial charge in [0.1, 0.15) is 0 Å². The third kappa shape index (κ3) is 9.09. The van der Waals surface area contributed by atoms with Gasteiger partial charge in [-0.15, -0.1) is 0 Å². The summed E-state index contributed by atoms with van der Waals surface area (Å²) >= 11 is 0. The zero-order valence-corrected chi connectivity index (χ0v) is 7.46. The molecule has 0 N–H and O–H groups in total. The summed E-state index contributed by atoms with van der Waals surface area (Å²) < 4.78 is 0. The second-order valence-electron chi connectivity index (χ2n) is 3.40. The maximum Gasteiger partial charge on any atom is 0.0732 e. The summed E-state index contributed by atoms with van der Waals surface area (Å²) in [6.07, 6.45) is 1.39. The smallest absolute Gasteiger partial charge is 0.0732 e. The number of hydrogen-bond acceptors (Lipinski definition) is 3. The van der Waals surface area contributed by atoms with Gasteiger partial charge in [-0.25, -0.2) is 0 Å². The van der Waals surface area contributed by atoms with Crippen LogP contribution in [0.4, 0.5) is 0 Å². The first kappa shape index (κ1) is 10.1. The minimum absolute atomic E-state index is 0.0767. The van der Waals surface area contributed by atoms with Crippen molar-refractivity contribution in [2.75, 3.05) is 6.54 Å². The fourth-order valence-corrected chi connectivity index (χ4v) is 0.491. The molecule has 0 aromatic rings. The number of unbranched alkanes of at least 4 members (excludes halogenated alkanes) is 1. The van der Waals surface area contributed by atoms with Gasteiger partial charge in [0.25, 0.3) is 0 Å². The fourth-order valence-electron chi connectivity index (χ4n) is 0.491. The van der Waals surface area contributed by atoms with Gasteiger partial charge >= 0.3 is 0 Å². The third-order valence-electron chi connectivity index (χ3n) is 0.917. The van der Waals surface area contributed by atoms with Crippen LogP contribution in [-0.2, 0) is 0 Å². The molecule has 0 aliphatic rings. The molecule has 0 radical (unpaired) electrons. The molecule has 0 aromatic heterocycles. The summed E-state index contributed by atoms with van der Waals surface area (Å²) in [6.45, 7) is 6.67. The molecule has 0 heterocycles. The van der Waals surface area contributed by atoms with Crippen molar-refractivity contribution in [3.05, 3.63) is 0 Å². The van der Waals surface area contributed by atoms with Gasteiger partial charge in [0.05, 0.1) is 18.2 Å². The van der Waals surface area contributed by atoms with E-state index in [2.05, 4.69) is 16.3 Å². The second kappa shape index (κ2) is 4.84. The highest BCUT2D eigenvalue weighted by Gasteiger charge is 2.05. The molecule has 11 heavy (non-hydrogen) atoms. The van der Waals surface area contributed by atoms with Gasteiger partial charge in [0.15, 0.2) is 0 Å². The lowest BCUT2D eigenvalue weighted by atomic mass is 10.1. The molecular formula is C8H15N3. The molecule has 0 aliphatic carbocycles. The van der Waals surface area contributed by atoms with Crippen molar-refractivity contribution in [3.63, 3.8) is 0 Å². The van der Waals surface area contributed by atoms with Gasteiger partial charge in [-0.1, -0.05) is 0 Å². The van der Waals surface area contributed by atoms with Crippen LogP contribution < -0.4 is 0 Å². The Morgan fingerprint density at radius 1 is 1.36 bits per heavy atom. The van der Waals surface area contributed by atoms with E-state index >= 15 is 0 Å². The molecule has 62 valence electrons. The number of nitriles is 1. The standard InChI is InChI=1S/C8H15N3/c1-8(2,3)11-10-7-5-4-6-9/h4-5,7H2,1-3H3. The highest BCUT2D eigenvalue weighted by atomic mass is 15.1. The van der Waals surface area contributed by atoms with Crippen LogP contribution >= 0.6 is 0 Å². The minimum atomic E-state index is -0.0767. The van der Waals surface area contributed by atoms with Crippen LogP contribution in [0.5, 0.6) is 0 Å². The van der Waals surface area contributed by atoms with Crippen molar-refractivity contribution in [3.8, 4) is 6.07 Å². The lowest BCUT2D eigenvalue weighted by molar-refractivity contribution is 0.535. The van der Waals surface area contributed by atoms with Crippen LogP contribution in [0.3, 0.4) is 0 Å². The van der Waals surface area contributed by atoms with Gasteiger partial charge < -0.3 is 0 Å². The monoisotopic (exact) mass is 153 g/mol. The SMILES string of the molecule is CC(C)(C)N=NCCCC#N. The van der Waals surface area contributed by atoms with Crippen molar-refractivity contribution < 1.29 is 0 Å². The molecule has 0 amide bonds. The molecule has 0 unspecified atom stereocenters. The highest BCUT2D eigenvalue weighted by Crippen LogP contribution is 2.06. The summed E-state index contributed by atoms with van der Waals surface area (Å²) in [5.41, 5.74) is -0.0767. The van der Waals surface area contributed by atoms with Gasteiger partial charge in [-0.2, -0.15) is 15.5 Å². The van der Waals surface area contributed by atoms with Crippen molar-refractivity contribution in [2.45, 2.75) is 39.2 Å². The fraction of sp³-hybridized carbons (Fsp3) is 0.875. The number of azo groups is 1. The summed E-state index contributed by atoms with van der Waals surface area (Å²) in [5, 5.41) is 16.2. The van der Waals surface area contributed by atoms with Crippen molar-refractivity contribution in [2.24, 2.45) is 10.2 Å². The Kier molecular flexibility index (Phi) is 4.44. The van der Waals surface area contributed by atoms with Crippen LogP contribution in [0.25, 0.3) is 0 Å². The van der Waals surface area contributed by atoms with Crippen molar-refractivity contribution in [1.29, 1.82) is 5.26 Å². The Balaban J connectivity index is 3.40. The molecule has 0 atom stereocenters. The van der Waals surface area contributed by atoms with Crippen molar-refractivity contribution >= 4 is 0 Å². The molecule has 0 aromatic carbocycles. The maximum atomic E-state index is 8.20. The van der Waals surface area contributed by atoms with E-state index in [-0.39, 0.29) is 5.54 Å². The Labute approximate surface area is 68.1 Å². The normalized spacial score (nSPS) is 11.8. The number of nitrogens with zero attached hydrogens (tertiary/aromatic N) is 3. The molecule has 0 saturated carbocycles. The summed E-state index contributed by atoms with van der Waals surface area (Å²) in [4.78, 5) is 0. The first-order chi connectivity index (χ1) is 5.06. The summed E-state index contributed by atoms with van der Waals surface area (Å²) in [7, 11) is 0. The third-order valence-corrected chi connectivity index (χ3v) is 0.917. The molecule has 0 spiro atoms. The minimum Gasteiger partial charge on any atom is -0.198 e. The largest absolute Gasteiger partial charge is 0.198 e. The van der Waals surface area contributed by atoms with Crippen LogP contribution in [0.2, 0.25) is 0 Å². The van der Waals surface area contributed by atoms with E-state index < -0.39 is 0 Å². The van der Waals surface area contributed by atoms with E-state index in [4.69, 9.17) is 5.26 Å². The lowest BCUT2D eigenvalue weighted by Gasteiger charge is -2.08. The zero-order chi connectivity index (χ0) is 8.74. The van der Waals surface area contributed by atoms with Crippen LogP contribution in [0.15, 0.2) is 10.2 Å². The van der Waals surface area contributed by atoms with Gasteiger partial charge in [-0.3, -0.25) is 0 Å². The Morgan fingerprint density at radius 3 is 2.45 bits per heavy atom. The Hall–Kier alpha value is -0.910. The molecule has 0 bridgehead atoms. The van der Waals surface area contributed by atoms with Crippen LogP contribution in [0.1, 0.15) is 33.6 Å². The molecule has 3 nitrogen and oxygen atoms in total. The number of rotatable bonds is 3. The van der Waals surface area contributed by atoms with Crippen LogP contribution in [0, 0.1) is 11.3 Å². The molecule has 0 fully saturated rings. The predicted octanol–water partition coefficient (Wildman–Crippen LogP) is 2.54. The second-order valence-corrected chi connectivity index (χ2v) is 3.40. The first-order valence-corrected chi connectivity index (χ1v) is 3.82. The molecule has 0 saturated heterocycles. The van der Waals surface area contributed by atoms with Gasteiger partial charge in [0, 0.05) is 6.42 Å². The van der Waals surface area contributed by atoms with E-state index in [9.17, 15) is 0 Å². The maximum absolute atomic E-state index is 8.20. The summed E-state index contributed by atoms with van der Waals surface area (Å²) in [6, 6.07) is 2.06. The zero-order valence-electron chi connectivity index (χ0n) is 7.46. The van der Waals surface area contributed by atoms with E-state index in [1.54, 1.807) is 0 Å². The Bertz CT molecular complexity index is 159. The molecule has 0 rings (SSSR count). The van der Waals surface area contributed by atoms with E-state index in [1.165, 1.54) is 0 Å². The van der Waals surface area contributed by atoms with E-state index in [0.717, 1.165) is 6.42 Å². The topological polar surface area (TPSA) is 48.5 Å². The van der Waals surface area contributed by atoms with E-state index in [1.807, 2.05) is 20.8 Å².